The molecule has 0 radical (unpaired) electrons. The smallest absolute Gasteiger partial charge is 0.279 e. The molecule has 90 valence electrons. The van der Waals surface area contributed by atoms with Crippen LogP contribution >= 0.6 is 0 Å². The summed E-state index contributed by atoms with van der Waals surface area (Å²) in [6, 6.07) is 9.46. The number of benzene rings is 2. The highest BCUT2D eigenvalue weighted by atomic mass is 19.3. The summed E-state index contributed by atoms with van der Waals surface area (Å²) < 4.78 is 27.7. The van der Waals surface area contributed by atoms with Gasteiger partial charge in [-0.15, -0.1) is 0 Å². The van der Waals surface area contributed by atoms with Gasteiger partial charge in [0, 0.05) is 13.0 Å². The van der Waals surface area contributed by atoms with Crippen LogP contribution in [0.4, 0.5) is 8.78 Å². The van der Waals surface area contributed by atoms with E-state index in [9.17, 15) is 13.9 Å². The van der Waals surface area contributed by atoms with Crippen LogP contribution in [-0.2, 0) is 5.92 Å². The molecule has 0 unspecified atom stereocenters. The number of rotatable bonds is 3. The molecule has 0 saturated heterocycles. The number of hydrogen-bond donors (Lipinski definition) is 2. The first kappa shape index (κ1) is 11.8. The van der Waals surface area contributed by atoms with Gasteiger partial charge in [0.05, 0.1) is 5.56 Å². The molecule has 0 heterocycles. The first-order valence-corrected chi connectivity index (χ1v) is 5.26. The summed E-state index contributed by atoms with van der Waals surface area (Å²) in [7, 11) is 0. The minimum Gasteiger partial charge on any atom is -0.507 e. The van der Waals surface area contributed by atoms with E-state index in [2.05, 4.69) is 0 Å². The zero-order chi connectivity index (χ0) is 12.5. The van der Waals surface area contributed by atoms with E-state index in [1.54, 1.807) is 24.3 Å². The van der Waals surface area contributed by atoms with Crippen molar-refractivity contribution in [1.29, 1.82) is 0 Å². The maximum Gasteiger partial charge on any atom is 0.279 e. The number of fused-ring (bicyclic) bond motifs is 1. The molecule has 0 atom stereocenters. The molecule has 0 aliphatic rings. The van der Waals surface area contributed by atoms with E-state index in [0.29, 0.717) is 10.8 Å². The van der Waals surface area contributed by atoms with Crippen LogP contribution in [0.3, 0.4) is 0 Å². The summed E-state index contributed by atoms with van der Waals surface area (Å²) in [6.07, 6.45) is -0.700. The number of phenolic OH excluding ortho intramolecular Hbond substituents is 1. The second-order valence-corrected chi connectivity index (χ2v) is 3.86. The standard InChI is InChI=1S/C13H12F2O2/c14-13(15,7-8-16)12-10-4-2-1-3-9(10)5-6-11(12)17/h1-6,16-17H,7-8H2. The number of aliphatic hydroxyl groups excluding tert-OH is 1. The van der Waals surface area contributed by atoms with Crippen LogP contribution in [0.15, 0.2) is 36.4 Å². The lowest BCUT2D eigenvalue weighted by molar-refractivity contribution is -0.0272. The number of hydrogen-bond acceptors (Lipinski definition) is 2. The average molecular weight is 238 g/mol. The summed E-state index contributed by atoms with van der Waals surface area (Å²) in [5.41, 5.74) is -0.412. The molecule has 0 aliphatic heterocycles. The van der Waals surface area contributed by atoms with Gasteiger partial charge in [0.2, 0.25) is 0 Å². The molecule has 2 aromatic rings. The Labute approximate surface area is 97.1 Å². The Kier molecular flexibility index (Phi) is 2.98. The normalized spacial score (nSPS) is 11.9. The molecule has 2 rings (SSSR count). The van der Waals surface area contributed by atoms with Crippen LogP contribution in [-0.4, -0.2) is 16.8 Å². The number of alkyl halides is 2. The van der Waals surface area contributed by atoms with Crippen LogP contribution in [0.25, 0.3) is 10.8 Å². The third-order valence-electron chi connectivity index (χ3n) is 2.70. The van der Waals surface area contributed by atoms with E-state index in [1.807, 2.05) is 0 Å². The second-order valence-electron chi connectivity index (χ2n) is 3.86. The number of halogens is 2. The lowest BCUT2D eigenvalue weighted by Crippen LogP contribution is -2.16. The molecular formula is C13H12F2O2. The monoisotopic (exact) mass is 238 g/mol. The summed E-state index contributed by atoms with van der Waals surface area (Å²) in [4.78, 5) is 0. The molecule has 0 aromatic heterocycles. The van der Waals surface area contributed by atoms with Gasteiger partial charge in [0.15, 0.2) is 0 Å². The fraction of sp³-hybridized carbons (Fsp3) is 0.231. The van der Waals surface area contributed by atoms with Gasteiger partial charge in [-0.05, 0) is 16.8 Å². The lowest BCUT2D eigenvalue weighted by atomic mass is 9.97. The fourth-order valence-corrected chi connectivity index (χ4v) is 1.91. The molecule has 0 bridgehead atoms. The minimum atomic E-state index is -3.24. The molecule has 2 nitrogen and oxygen atoms in total. The topological polar surface area (TPSA) is 40.5 Å². The Morgan fingerprint density at radius 3 is 2.47 bits per heavy atom. The summed E-state index contributed by atoms with van der Waals surface area (Å²) in [5, 5.41) is 19.2. The molecule has 2 N–H and O–H groups in total. The largest absolute Gasteiger partial charge is 0.507 e. The quantitative estimate of drug-likeness (QED) is 0.862. The van der Waals surface area contributed by atoms with Gasteiger partial charge in [-0.25, -0.2) is 8.78 Å². The predicted octanol–water partition coefficient (Wildman–Crippen LogP) is 3.02. The van der Waals surface area contributed by atoms with Gasteiger partial charge in [-0.1, -0.05) is 30.3 Å². The highest BCUT2D eigenvalue weighted by Gasteiger charge is 2.35. The van der Waals surface area contributed by atoms with Crippen molar-refractivity contribution in [2.24, 2.45) is 0 Å². The van der Waals surface area contributed by atoms with Crippen molar-refractivity contribution < 1.29 is 19.0 Å². The maximum atomic E-state index is 13.8. The van der Waals surface area contributed by atoms with E-state index in [1.165, 1.54) is 12.1 Å². The Bertz CT molecular complexity index is 538. The maximum absolute atomic E-state index is 13.8. The SMILES string of the molecule is OCCC(F)(F)c1c(O)ccc2ccccc12. The summed E-state index contributed by atoms with van der Waals surface area (Å²) in [6.45, 7) is -0.629. The van der Waals surface area contributed by atoms with Gasteiger partial charge in [0.25, 0.3) is 5.92 Å². The molecule has 4 heteroatoms. The van der Waals surface area contributed by atoms with Crippen LogP contribution in [0.2, 0.25) is 0 Å². The molecular weight excluding hydrogens is 226 g/mol. The first-order valence-electron chi connectivity index (χ1n) is 5.26. The highest BCUT2D eigenvalue weighted by Crippen LogP contribution is 2.41. The van der Waals surface area contributed by atoms with Crippen LogP contribution in [0.5, 0.6) is 5.75 Å². The van der Waals surface area contributed by atoms with Gasteiger partial charge in [-0.2, -0.15) is 0 Å². The van der Waals surface area contributed by atoms with Crippen LogP contribution in [0, 0.1) is 0 Å². The molecule has 0 amide bonds. The van der Waals surface area contributed by atoms with E-state index in [-0.39, 0.29) is 0 Å². The van der Waals surface area contributed by atoms with Crippen molar-refractivity contribution in [3.63, 3.8) is 0 Å². The minimum absolute atomic E-state index is 0.311. The molecule has 0 spiro atoms. The van der Waals surface area contributed by atoms with Crippen molar-refractivity contribution >= 4 is 10.8 Å². The Morgan fingerprint density at radius 1 is 1.06 bits per heavy atom. The second kappa shape index (κ2) is 4.30. The van der Waals surface area contributed by atoms with Gasteiger partial charge in [0.1, 0.15) is 5.75 Å². The third-order valence-corrected chi connectivity index (χ3v) is 2.70. The Morgan fingerprint density at radius 2 is 1.76 bits per heavy atom. The van der Waals surface area contributed by atoms with E-state index in [4.69, 9.17) is 5.11 Å². The highest BCUT2D eigenvalue weighted by molar-refractivity contribution is 5.88. The van der Waals surface area contributed by atoms with Crippen molar-refractivity contribution in [1.82, 2.24) is 0 Å². The van der Waals surface area contributed by atoms with E-state index in [0.717, 1.165) is 0 Å². The van der Waals surface area contributed by atoms with Crippen LogP contribution in [0.1, 0.15) is 12.0 Å². The molecule has 0 aliphatic carbocycles. The number of phenols is 1. The first-order chi connectivity index (χ1) is 8.06. The average Bonchev–Trinajstić information content (AvgIpc) is 2.28. The number of aliphatic hydroxyl groups is 1. The predicted molar refractivity (Wildman–Crippen MR) is 61.2 cm³/mol. The lowest BCUT2D eigenvalue weighted by Gasteiger charge is -2.19. The van der Waals surface area contributed by atoms with Gasteiger partial charge >= 0.3 is 0 Å². The molecule has 0 fully saturated rings. The van der Waals surface area contributed by atoms with Crippen LogP contribution < -0.4 is 0 Å². The third kappa shape index (κ3) is 2.08. The zero-order valence-corrected chi connectivity index (χ0v) is 9.03. The molecule has 17 heavy (non-hydrogen) atoms. The van der Waals surface area contributed by atoms with Gasteiger partial charge in [-0.3, -0.25) is 0 Å². The summed E-state index contributed by atoms with van der Waals surface area (Å²) in [5.74, 6) is -3.68. The Hall–Kier alpha value is -1.68. The van der Waals surface area contributed by atoms with Crippen molar-refractivity contribution in [2.45, 2.75) is 12.3 Å². The number of aromatic hydroxyl groups is 1. The molecule has 2 aromatic carbocycles. The van der Waals surface area contributed by atoms with Crippen molar-refractivity contribution in [3.05, 3.63) is 42.0 Å². The van der Waals surface area contributed by atoms with Crippen molar-refractivity contribution in [3.8, 4) is 5.75 Å². The van der Waals surface area contributed by atoms with Crippen molar-refractivity contribution in [2.75, 3.05) is 6.61 Å². The fourth-order valence-electron chi connectivity index (χ4n) is 1.91. The Balaban J connectivity index is 2.70. The zero-order valence-electron chi connectivity index (χ0n) is 9.03. The molecule has 0 saturated carbocycles. The van der Waals surface area contributed by atoms with E-state index < -0.39 is 30.3 Å². The summed E-state index contributed by atoms with van der Waals surface area (Å²) >= 11 is 0. The van der Waals surface area contributed by atoms with Gasteiger partial charge < -0.3 is 10.2 Å². The van der Waals surface area contributed by atoms with E-state index >= 15 is 0 Å².